The van der Waals surface area contributed by atoms with Crippen LogP contribution < -0.4 is 10.6 Å². The molecule has 2 atom stereocenters. The van der Waals surface area contributed by atoms with E-state index in [0.717, 1.165) is 39.3 Å². The van der Waals surface area contributed by atoms with E-state index in [0.29, 0.717) is 24.0 Å². The van der Waals surface area contributed by atoms with E-state index in [2.05, 4.69) is 76.9 Å². The van der Waals surface area contributed by atoms with Gasteiger partial charge < -0.3 is 10.6 Å². The van der Waals surface area contributed by atoms with Gasteiger partial charge in [0.15, 0.2) is 0 Å². The second-order valence-corrected chi connectivity index (χ2v) is 6.49. The summed E-state index contributed by atoms with van der Waals surface area (Å²) in [6.07, 6.45) is 0. The van der Waals surface area contributed by atoms with E-state index in [4.69, 9.17) is 11.6 Å². The number of nitrogens with one attached hydrogen (secondary N) is 2. The van der Waals surface area contributed by atoms with E-state index < -0.39 is 0 Å². The fourth-order valence-corrected chi connectivity index (χ4v) is 3.10. The molecule has 1 heterocycles. The molecule has 0 aromatic carbocycles. The quantitative estimate of drug-likeness (QED) is 0.585. The fraction of sp³-hybridized carbons (Fsp3) is 0.824. The van der Waals surface area contributed by atoms with Crippen molar-refractivity contribution in [2.75, 3.05) is 49.9 Å². The van der Waals surface area contributed by atoms with Gasteiger partial charge in [-0.25, -0.2) is 0 Å². The van der Waals surface area contributed by atoms with Gasteiger partial charge in [-0.15, -0.1) is 0 Å². The first kappa shape index (κ1) is 21.9. The van der Waals surface area contributed by atoms with Crippen LogP contribution in [-0.4, -0.2) is 76.1 Å². The second kappa shape index (κ2) is 11.4. The summed E-state index contributed by atoms with van der Waals surface area (Å²) in [7, 11) is 0. The highest BCUT2D eigenvalue weighted by atomic mass is 35.5. The molecule has 0 aliphatic carbocycles. The molecule has 0 bridgehead atoms. The maximum Gasteiger partial charge on any atom is 0.228 e. The lowest BCUT2D eigenvalue weighted by Crippen LogP contribution is -2.38. The van der Waals surface area contributed by atoms with Crippen LogP contribution in [0.15, 0.2) is 0 Å². The average Bonchev–Trinajstić information content (AvgIpc) is 2.60. The summed E-state index contributed by atoms with van der Waals surface area (Å²) in [5.74, 6) is 1.02. The largest absolute Gasteiger partial charge is 0.352 e. The van der Waals surface area contributed by atoms with Crippen molar-refractivity contribution in [1.82, 2.24) is 24.8 Å². The Morgan fingerprint density at radius 1 is 0.760 bits per heavy atom. The van der Waals surface area contributed by atoms with E-state index in [1.165, 1.54) is 0 Å². The van der Waals surface area contributed by atoms with Gasteiger partial charge in [-0.2, -0.15) is 15.0 Å². The molecule has 0 spiro atoms. The van der Waals surface area contributed by atoms with Crippen molar-refractivity contribution in [2.24, 2.45) is 0 Å². The van der Waals surface area contributed by atoms with Gasteiger partial charge in [0.2, 0.25) is 17.2 Å². The lowest BCUT2D eigenvalue weighted by atomic mass is 10.3. The van der Waals surface area contributed by atoms with Crippen LogP contribution in [0, 0.1) is 0 Å². The number of aromatic nitrogens is 3. The first-order chi connectivity index (χ1) is 11.9. The summed E-state index contributed by atoms with van der Waals surface area (Å²) >= 11 is 6.05. The monoisotopic (exact) mass is 371 g/mol. The zero-order chi connectivity index (χ0) is 18.8. The van der Waals surface area contributed by atoms with E-state index in [-0.39, 0.29) is 5.28 Å². The Hall–Kier alpha value is -1.18. The van der Waals surface area contributed by atoms with Crippen molar-refractivity contribution in [3.63, 3.8) is 0 Å². The van der Waals surface area contributed by atoms with Crippen LogP contribution in [0.4, 0.5) is 11.9 Å². The Labute approximate surface area is 157 Å². The smallest absolute Gasteiger partial charge is 0.228 e. The highest BCUT2D eigenvalue weighted by molar-refractivity contribution is 6.28. The molecular formula is C17H34ClN7. The van der Waals surface area contributed by atoms with Crippen LogP contribution in [0.3, 0.4) is 0 Å². The Balaban J connectivity index is 2.63. The van der Waals surface area contributed by atoms with Gasteiger partial charge >= 0.3 is 0 Å². The highest BCUT2D eigenvalue weighted by Crippen LogP contribution is 2.11. The average molecular weight is 372 g/mol. The minimum Gasteiger partial charge on any atom is -0.352 e. The number of anilines is 2. The van der Waals surface area contributed by atoms with E-state index in [1.54, 1.807) is 0 Å². The van der Waals surface area contributed by atoms with Crippen LogP contribution in [0.5, 0.6) is 0 Å². The van der Waals surface area contributed by atoms with Gasteiger partial charge in [0.25, 0.3) is 0 Å². The molecule has 1 aromatic heterocycles. The minimum atomic E-state index is 0.200. The lowest BCUT2D eigenvalue weighted by molar-refractivity contribution is 0.240. The van der Waals surface area contributed by atoms with Crippen molar-refractivity contribution in [3.8, 4) is 0 Å². The lowest BCUT2D eigenvalue weighted by Gasteiger charge is -2.27. The molecule has 0 fully saturated rings. The summed E-state index contributed by atoms with van der Waals surface area (Å²) in [5.41, 5.74) is 0. The summed E-state index contributed by atoms with van der Waals surface area (Å²) in [4.78, 5) is 17.5. The molecule has 0 aliphatic heterocycles. The first-order valence-corrected chi connectivity index (χ1v) is 9.70. The van der Waals surface area contributed by atoms with Gasteiger partial charge in [0.1, 0.15) is 0 Å². The molecular weight excluding hydrogens is 338 g/mol. The van der Waals surface area contributed by atoms with Crippen molar-refractivity contribution in [1.29, 1.82) is 0 Å². The number of halogens is 1. The number of rotatable bonds is 12. The molecule has 144 valence electrons. The molecule has 2 unspecified atom stereocenters. The zero-order valence-electron chi connectivity index (χ0n) is 16.5. The van der Waals surface area contributed by atoms with Crippen LogP contribution >= 0.6 is 11.6 Å². The third-order valence-electron chi connectivity index (χ3n) is 4.59. The van der Waals surface area contributed by atoms with Gasteiger partial charge in [-0.3, -0.25) is 9.80 Å². The maximum atomic E-state index is 6.05. The van der Waals surface area contributed by atoms with Crippen molar-refractivity contribution in [2.45, 2.75) is 53.6 Å². The molecule has 0 radical (unpaired) electrons. The van der Waals surface area contributed by atoms with Crippen LogP contribution in [0.2, 0.25) is 5.28 Å². The third-order valence-corrected chi connectivity index (χ3v) is 4.76. The number of nitrogens with zero attached hydrogens (tertiary/aromatic N) is 5. The van der Waals surface area contributed by atoms with Crippen molar-refractivity contribution < 1.29 is 0 Å². The standard InChI is InChI=1S/C17H34ClN7/c1-7-24(8-2)13(5)11-19-16-21-15(18)22-17(23-16)20-12-14(6)25(9-3)10-4/h13-14H,7-12H2,1-6H3,(H2,19,20,21,22,23). The number of hydrogen-bond donors (Lipinski definition) is 2. The molecule has 25 heavy (non-hydrogen) atoms. The first-order valence-electron chi connectivity index (χ1n) is 9.32. The molecule has 2 N–H and O–H groups in total. The number of likely N-dealkylation sites (N-methyl/N-ethyl adjacent to an activating group) is 2. The number of hydrogen-bond acceptors (Lipinski definition) is 7. The second-order valence-electron chi connectivity index (χ2n) is 6.15. The maximum absolute atomic E-state index is 6.05. The predicted molar refractivity (Wildman–Crippen MR) is 107 cm³/mol. The third kappa shape index (κ3) is 7.30. The normalized spacial score (nSPS) is 14.0. The van der Waals surface area contributed by atoms with Crippen LogP contribution in [-0.2, 0) is 0 Å². The van der Waals surface area contributed by atoms with Crippen LogP contribution in [0.25, 0.3) is 0 Å². The van der Waals surface area contributed by atoms with Gasteiger partial charge in [-0.1, -0.05) is 27.7 Å². The van der Waals surface area contributed by atoms with E-state index >= 15 is 0 Å². The van der Waals surface area contributed by atoms with Gasteiger partial charge in [-0.05, 0) is 51.6 Å². The Kier molecular flexibility index (Phi) is 10.0. The van der Waals surface area contributed by atoms with Crippen molar-refractivity contribution in [3.05, 3.63) is 5.28 Å². The molecule has 7 nitrogen and oxygen atoms in total. The molecule has 0 amide bonds. The van der Waals surface area contributed by atoms with Crippen LogP contribution in [0.1, 0.15) is 41.5 Å². The Morgan fingerprint density at radius 3 is 1.44 bits per heavy atom. The fourth-order valence-electron chi connectivity index (χ4n) is 2.94. The Bertz CT molecular complexity index is 452. The van der Waals surface area contributed by atoms with Gasteiger partial charge in [0, 0.05) is 25.2 Å². The highest BCUT2D eigenvalue weighted by Gasteiger charge is 2.13. The van der Waals surface area contributed by atoms with Crippen molar-refractivity contribution >= 4 is 23.5 Å². The molecule has 1 aromatic rings. The van der Waals surface area contributed by atoms with E-state index in [9.17, 15) is 0 Å². The van der Waals surface area contributed by atoms with E-state index in [1.807, 2.05) is 0 Å². The molecule has 0 aliphatic rings. The van der Waals surface area contributed by atoms with Gasteiger partial charge in [0.05, 0.1) is 0 Å². The molecule has 0 saturated heterocycles. The molecule has 1 rings (SSSR count). The predicted octanol–water partition coefficient (Wildman–Crippen LogP) is 2.81. The molecule has 8 heteroatoms. The SMILES string of the molecule is CCN(CC)C(C)CNc1nc(Cl)nc(NCC(C)N(CC)CC)n1. The summed E-state index contributed by atoms with van der Waals surface area (Å²) < 4.78 is 0. The summed E-state index contributed by atoms with van der Waals surface area (Å²) in [6.45, 7) is 18.6. The topological polar surface area (TPSA) is 69.2 Å². The Morgan fingerprint density at radius 2 is 1.12 bits per heavy atom. The minimum absolute atomic E-state index is 0.200. The zero-order valence-corrected chi connectivity index (χ0v) is 17.3. The molecule has 0 saturated carbocycles. The summed E-state index contributed by atoms with van der Waals surface area (Å²) in [6, 6.07) is 0.786. The summed E-state index contributed by atoms with van der Waals surface area (Å²) in [5, 5.41) is 6.74.